The zero-order chi connectivity index (χ0) is 9.68. The Morgan fingerprint density at radius 1 is 1.62 bits per heavy atom. The van der Waals surface area contributed by atoms with Crippen molar-refractivity contribution in [1.29, 1.82) is 0 Å². The van der Waals surface area contributed by atoms with Crippen molar-refractivity contribution in [3.63, 3.8) is 0 Å². The van der Waals surface area contributed by atoms with Crippen molar-refractivity contribution in [1.82, 2.24) is 4.98 Å². The Kier molecular flexibility index (Phi) is 3.72. The number of aliphatic hydroxyl groups is 1. The SMILES string of the molecule is O=C(O)c1ncccc1SCCO. The van der Waals surface area contributed by atoms with Crippen LogP contribution in [0, 0.1) is 0 Å². The molecule has 0 aromatic carbocycles. The van der Waals surface area contributed by atoms with Crippen LogP contribution in [0.2, 0.25) is 0 Å². The van der Waals surface area contributed by atoms with E-state index in [1.807, 2.05) is 0 Å². The topological polar surface area (TPSA) is 70.4 Å². The van der Waals surface area contributed by atoms with Gasteiger partial charge in [-0.25, -0.2) is 9.78 Å². The van der Waals surface area contributed by atoms with Crippen LogP contribution < -0.4 is 0 Å². The first kappa shape index (κ1) is 10.0. The molecule has 70 valence electrons. The van der Waals surface area contributed by atoms with Gasteiger partial charge in [0.15, 0.2) is 5.69 Å². The molecule has 4 nitrogen and oxygen atoms in total. The van der Waals surface area contributed by atoms with Crippen molar-refractivity contribution in [2.24, 2.45) is 0 Å². The quantitative estimate of drug-likeness (QED) is 0.704. The van der Waals surface area contributed by atoms with Gasteiger partial charge >= 0.3 is 5.97 Å². The van der Waals surface area contributed by atoms with Gasteiger partial charge in [0, 0.05) is 16.8 Å². The molecule has 0 saturated heterocycles. The summed E-state index contributed by atoms with van der Waals surface area (Å²) < 4.78 is 0. The van der Waals surface area contributed by atoms with Crippen LogP contribution in [0.15, 0.2) is 23.2 Å². The van der Waals surface area contributed by atoms with Crippen LogP contribution >= 0.6 is 11.8 Å². The average Bonchev–Trinajstić information content (AvgIpc) is 2.15. The minimum Gasteiger partial charge on any atom is -0.476 e. The molecule has 0 spiro atoms. The van der Waals surface area contributed by atoms with Crippen molar-refractivity contribution in [3.05, 3.63) is 24.0 Å². The van der Waals surface area contributed by atoms with Gasteiger partial charge in [0.25, 0.3) is 0 Å². The van der Waals surface area contributed by atoms with Crippen LogP contribution in [0.25, 0.3) is 0 Å². The van der Waals surface area contributed by atoms with Crippen molar-refractivity contribution < 1.29 is 15.0 Å². The van der Waals surface area contributed by atoms with Crippen LogP contribution in [0.5, 0.6) is 0 Å². The third-order valence-corrected chi connectivity index (χ3v) is 2.35. The van der Waals surface area contributed by atoms with Crippen molar-refractivity contribution in [3.8, 4) is 0 Å². The normalized spacial score (nSPS) is 9.92. The van der Waals surface area contributed by atoms with Gasteiger partial charge < -0.3 is 10.2 Å². The molecule has 0 aliphatic carbocycles. The number of thioether (sulfide) groups is 1. The molecule has 13 heavy (non-hydrogen) atoms. The Labute approximate surface area is 79.6 Å². The molecule has 0 unspecified atom stereocenters. The number of aliphatic hydroxyl groups excluding tert-OH is 1. The maximum atomic E-state index is 10.6. The van der Waals surface area contributed by atoms with Gasteiger partial charge in [0.1, 0.15) is 0 Å². The first-order valence-corrected chi connectivity index (χ1v) is 4.66. The molecular weight excluding hydrogens is 190 g/mol. The highest BCUT2D eigenvalue weighted by Crippen LogP contribution is 2.20. The van der Waals surface area contributed by atoms with E-state index in [0.29, 0.717) is 10.6 Å². The van der Waals surface area contributed by atoms with Crippen molar-refractivity contribution in [2.75, 3.05) is 12.4 Å². The lowest BCUT2D eigenvalue weighted by Crippen LogP contribution is -2.02. The number of nitrogens with zero attached hydrogens (tertiary/aromatic N) is 1. The number of carboxylic acids is 1. The van der Waals surface area contributed by atoms with Gasteiger partial charge in [-0.3, -0.25) is 0 Å². The van der Waals surface area contributed by atoms with Gasteiger partial charge in [-0.2, -0.15) is 0 Å². The van der Waals surface area contributed by atoms with Crippen molar-refractivity contribution in [2.45, 2.75) is 4.90 Å². The zero-order valence-electron chi connectivity index (χ0n) is 6.80. The number of hydrogen-bond donors (Lipinski definition) is 2. The second kappa shape index (κ2) is 4.84. The molecule has 1 aromatic heterocycles. The lowest BCUT2D eigenvalue weighted by atomic mass is 10.3. The molecule has 1 aromatic rings. The zero-order valence-corrected chi connectivity index (χ0v) is 7.62. The standard InChI is InChI=1S/C8H9NO3S/c10-4-5-13-6-2-1-3-9-7(6)8(11)12/h1-3,10H,4-5H2,(H,11,12). The summed E-state index contributed by atoms with van der Waals surface area (Å²) in [5.74, 6) is -0.563. The number of aromatic nitrogens is 1. The van der Waals surface area contributed by atoms with Gasteiger partial charge in [0.05, 0.1) is 6.61 Å². The molecule has 5 heteroatoms. The number of carbonyl (C=O) groups is 1. The fourth-order valence-electron chi connectivity index (χ4n) is 0.823. The molecule has 0 aliphatic rings. The van der Waals surface area contributed by atoms with Gasteiger partial charge in [0.2, 0.25) is 0 Å². The monoisotopic (exact) mass is 199 g/mol. The molecule has 2 N–H and O–H groups in total. The number of aromatic carboxylic acids is 1. The Hall–Kier alpha value is -1.07. The Bertz CT molecular complexity index is 303. The molecule has 0 aliphatic heterocycles. The minimum atomic E-state index is -1.04. The molecule has 1 rings (SSSR count). The summed E-state index contributed by atoms with van der Waals surface area (Å²) in [5.41, 5.74) is 0.0425. The largest absolute Gasteiger partial charge is 0.476 e. The summed E-state index contributed by atoms with van der Waals surface area (Å²) in [7, 11) is 0. The molecule has 0 radical (unpaired) electrons. The van der Waals surface area contributed by atoms with E-state index in [4.69, 9.17) is 10.2 Å². The van der Waals surface area contributed by atoms with Crippen molar-refractivity contribution >= 4 is 17.7 Å². The third-order valence-electron chi connectivity index (χ3n) is 1.32. The lowest BCUT2D eigenvalue weighted by molar-refractivity contribution is 0.0686. The summed E-state index contributed by atoms with van der Waals surface area (Å²) in [5, 5.41) is 17.3. The molecule has 1 heterocycles. The lowest BCUT2D eigenvalue weighted by Gasteiger charge is -2.01. The fraction of sp³-hybridized carbons (Fsp3) is 0.250. The van der Waals surface area contributed by atoms with E-state index in [1.165, 1.54) is 18.0 Å². The minimum absolute atomic E-state index is 0.0264. The molecule has 0 bridgehead atoms. The predicted molar refractivity (Wildman–Crippen MR) is 49.0 cm³/mol. The van der Waals surface area contributed by atoms with E-state index in [-0.39, 0.29) is 12.3 Å². The number of rotatable bonds is 4. The maximum absolute atomic E-state index is 10.6. The van der Waals surface area contributed by atoms with Gasteiger partial charge in [-0.1, -0.05) is 0 Å². The second-order valence-corrected chi connectivity index (χ2v) is 3.36. The first-order valence-electron chi connectivity index (χ1n) is 3.67. The Morgan fingerprint density at radius 2 is 2.38 bits per heavy atom. The van der Waals surface area contributed by atoms with Gasteiger partial charge in [-0.05, 0) is 12.1 Å². The Balaban J connectivity index is 2.84. The summed E-state index contributed by atoms with van der Waals surface area (Å²) >= 11 is 1.28. The van der Waals surface area contributed by atoms with E-state index >= 15 is 0 Å². The van der Waals surface area contributed by atoms with Gasteiger partial charge in [-0.15, -0.1) is 11.8 Å². The average molecular weight is 199 g/mol. The summed E-state index contributed by atoms with van der Waals surface area (Å²) in [4.78, 5) is 15.0. The van der Waals surface area contributed by atoms with E-state index in [2.05, 4.69) is 4.98 Å². The van der Waals surface area contributed by atoms with Crippen LogP contribution in [-0.2, 0) is 0 Å². The van der Waals surface area contributed by atoms with E-state index < -0.39 is 5.97 Å². The highest BCUT2D eigenvalue weighted by molar-refractivity contribution is 7.99. The molecular formula is C8H9NO3S. The van der Waals surface area contributed by atoms with E-state index in [0.717, 1.165) is 0 Å². The predicted octanol–water partition coefficient (Wildman–Crippen LogP) is 0.864. The number of pyridine rings is 1. The van der Waals surface area contributed by atoms with E-state index in [1.54, 1.807) is 12.1 Å². The summed E-state index contributed by atoms with van der Waals surface area (Å²) in [6.07, 6.45) is 1.44. The van der Waals surface area contributed by atoms with Crippen LogP contribution in [0.4, 0.5) is 0 Å². The smallest absolute Gasteiger partial charge is 0.355 e. The Morgan fingerprint density at radius 3 is 3.00 bits per heavy atom. The highest BCUT2D eigenvalue weighted by Gasteiger charge is 2.10. The van der Waals surface area contributed by atoms with Crippen LogP contribution in [0.1, 0.15) is 10.5 Å². The molecule has 0 atom stereocenters. The maximum Gasteiger partial charge on any atom is 0.355 e. The third kappa shape index (κ3) is 2.71. The summed E-state index contributed by atoms with van der Waals surface area (Å²) in [6, 6.07) is 3.35. The number of hydrogen-bond acceptors (Lipinski definition) is 4. The number of carboxylic acid groups (broad SMARTS) is 1. The molecule has 0 amide bonds. The molecule has 0 saturated carbocycles. The first-order chi connectivity index (χ1) is 6.25. The molecule has 0 fully saturated rings. The summed E-state index contributed by atoms with van der Waals surface area (Å²) in [6.45, 7) is 0.0264. The van der Waals surface area contributed by atoms with Crippen LogP contribution in [-0.4, -0.2) is 33.5 Å². The second-order valence-electron chi connectivity index (χ2n) is 2.23. The highest BCUT2D eigenvalue weighted by atomic mass is 32.2. The fourth-order valence-corrected chi connectivity index (χ4v) is 1.59. The van der Waals surface area contributed by atoms with Crippen LogP contribution in [0.3, 0.4) is 0 Å². The van der Waals surface area contributed by atoms with E-state index in [9.17, 15) is 4.79 Å².